The second kappa shape index (κ2) is 8.29. The number of amides is 1. The van der Waals surface area contributed by atoms with Crippen LogP contribution in [0.5, 0.6) is 0 Å². The van der Waals surface area contributed by atoms with Gasteiger partial charge in [-0.3, -0.25) is 4.79 Å². The van der Waals surface area contributed by atoms with E-state index in [1.54, 1.807) is 26.0 Å². The summed E-state index contributed by atoms with van der Waals surface area (Å²) >= 11 is 0. The average Bonchev–Trinajstić information content (AvgIpc) is 2.40. The topological polar surface area (TPSA) is 67.4 Å². The summed E-state index contributed by atoms with van der Waals surface area (Å²) in [6.45, 7) is 7.90. The molecule has 0 fully saturated rings. The molecule has 116 valence electrons. The van der Waals surface area contributed by atoms with Crippen molar-refractivity contribution in [1.82, 2.24) is 0 Å². The van der Waals surface area contributed by atoms with Gasteiger partial charge in [-0.05, 0) is 44.0 Å². The first-order valence-electron chi connectivity index (χ1n) is 7.25. The van der Waals surface area contributed by atoms with Gasteiger partial charge in [0.25, 0.3) is 0 Å². The second-order valence-electron chi connectivity index (χ2n) is 5.34. The Balaban J connectivity index is 2.54. The number of hydrogen-bond donors (Lipinski definition) is 2. The Bertz CT molecular complexity index is 469. The van der Waals surface area contributed by atoms with Crippen molar-refractivity contribution in [1.29, 1.82) is 0 Å². The number of rotatable bonds is 7. The monoisotopic (exact) mass is 292 g/mol. The number of benzene rings is 1. The molecule has 5 nitrogen and oxygen atoms in total. The van der Waals surface area contributed by atoms with E-state index in [0.717, 1.165) is 11.4 Å². The smallest absolute Gasteiger partial charge is 0.328 e. The molecule has 0 heterocycles. The Kier molecular flexibility index (Phi) is 6.72. The average molecular weight is 292 g/mol. The number of anilines is 2. The zero-order valence-electron chi connectivity index (χ0n) is 13.1. The molecule has 0 aliphatic rings. The third-order valence-electron chi connectivity index (χ3n) is 2.79. The van der Waals surface area contributed by atoms with Crippen molar-refractivity contribution in [2.75, 3.05) is 17.2 Å². The van der Waals surface area contributed by atoms with Crippen molar-refractivity contribution < 1.29 is 14.3 Å². The number of nitrogens with one attached hydrogen (secondary N) is 2. The fraction of sp³-hybridized carbons (Fsp3) is 0.500. The largest absolute Gasteiger partial charge is 0.464 e. The molecule has 0 bridgehead atoms. The first kappa shape index (κ1) is 17.0. The lowest BCUT2D eigenvalue weighted by molar-refractivity contribution is -0.143. The first-order valence-corrected chi connectivity index (χ1v) is 7.25. The van der Waals surface area contributed by atoms with E-state index in [4.69, 9.17) is 4.74 Å². The molecule has 1 aromatic rings. The highest BCUT2D eigenvalue weighted by atomic mass is 16.5. The fourth-order valence-corrected chi connectivity index (χ4v) is 1.81. The van der Waals surface area contributed by atoms with Crippen molar-refractivity contribution in [3.63, 3.8) is 0 Å². The maximum atomic E-state index is 11.7. The highest BCUT2D eigenvalue weighted by molar-refractivity contribution is 5.91. The zero-order valence-corrected chi connectivity index (χ0v) is 13.1. The van der Waals surface area contributed by atoms with Crippen LogP contribution in [0.25, 0.3) is 0 Å². The third kappa shape index (κ3) is 6.29. The van der Waals surface area contributed by atoms with Crippen molar-refractivity contribution in [3.8, 4) is 0 Å². The molecule has 0 aliphatic carbocycles. The molecule has 0 aromatic heterocycles. The van der Waals surface area contributed by atoms with E-state index in [-0.39, 0.29) is 11.9 Å². The van der Waals surface area contributed by atoms with E-state index in [0.29, 0.717) is 18.9 Å². The number of hydrogen-bond acceptors (Lipinski definition) is 4. The predicted octanol–water partition coefficient (Wildman–Crippen LogP) is 3.03. The van der Waals surface area contributed by atoms with E-state index >= 15 is 0 Å². The molecular formula is C16H24N2O3. The summed E-state index contributed by atoms with van der Waals surface area (Å²) in [4.78, 5) is 23.2. The van der Waals surface area contributed by atoms with Gasteiger partial charge in [0.05, 0.1) is 6.61 Å². The summed E-state index contributed by atoms with van der Waals surface area (Å²) in [5.41, 5.74) is 1.55. The van der Waals surface area contributed by atoms with E-state index in [2.05, 4.69) is 10.6 Å². The van der Waals surface area contributed by atoms with Crippen LogP contribution in [-0.2, 0) is 14.3 Å². The highest BCUT2D eigenvalue weighted by Crippen LogP contribution is 2.15. The lowest BCUT2D eigenvalue weighted by Crippen LogP contribution is -2.28. The minimum absolute atomic E-state index is 0.00519. The summed E-state index contributed by atoms with van der Waals surface area (Å²) in [6, 6.07) is 6.84. The molecule has 0 aliphatic heterocycles. The standard InChI is InChI=1S/C16H24N2O3/c1-5-21-16(20)12(4)17-13-6-8-14(9-7-13)18-15(19)10-11(2)3/h6-9,11-12,17H,5,10H2,1-4H3,(H,18,19). The van der Waals surface area contributed by atoms with Crippen LogP contribution in [0.15, 0.2) is 24.3 Å². The Hall–Kier alpha value is -2.04. The minimum atomic E-state index is -0.411. The molecule has 0 saturated heterocycles. The minimum Gasteiger partial charge on any atom is -0.464 e. The van der Waals surface area contributed by atoms with Gasteiger partial charge in [-0.2, -0.15) is 0 Å². The van der Waals surface area contributed by atoms with Gasteiger partial charge in [-0.25, -0.2) is 4.79 Å². The lowest BCUT2D eigenvalue weighted by atomic mass is 10.1. The lowest BCUT2D eigenvalue weighted by Gasteiger charge is -2.14. The molecule has 1 aromatic carbocycles. The molecule has 0 radical (unpaired) electrons. The molecule has 1 unspecified atom stereocenters. The van der Waals surface area contributed by atoms with E-state index in [1.807, 2.05) is 26.0 Å². The van der Waals surface area contributed by atoms with Crippen LogP contribution >= 0.6 is 0 Å². The SMILES string of the molecule is CCOC(=O)C(C)Nc1ccc(NC(=O)CC(C)C)cc1. The molecule has 1 amide bonds. The van der Waals surface area contributed by atoms with Gasteiger partial charge in [0.1, 0.15) is 6.04 Å². The second-order valence-corrected chi connectivity index (χ2v) is 5.34. The molecule has 2 N–H and O–H groups in total. The summed E-state index contributed by atoms with van der Waals surface area (Å²) < 4.78 is 4.93. The van der Waals surface area contributed by atoms with Crippen molar-refractivity contribution in [2.24, 2.45) is 5.92 Å². The van der Waals surface area contributed by atoms with Gasteiger partial charge < -0.3 is 15.4 Å². The third-order valence-corrected chi connectivity index (χ3v) is 2.79. The fourth-order valence-electron chi connectivity index (χ4n) is 1.81. The van der Waals surface area contributed by atoms with Crippen molar-refractivity contribution >= 4 is 23.3 Å². The predicted molar refractivity (Wildman–Crippen MR) is 84.2 cm³/mol. The number of esters is 1. The van der Waals surface area contributed by atoms with Crippen LogP contribution < -0.4 is 10.6 Å². The Morgan fingerprint density at radius 3 is 2.19 bits per heavy atom. The molecule has 1 rings (SSSR count). The van der Waals surface area contributed by atoms with E-state index in [9.17, 15) is 9.59 Å². The van der Waals surface area contributed by atoms with Gasteiger partial charge >= 0.3 is 5.97 Å². The highest BCUT2D eigenvalue weighted by Gasteiger charge is 2.13. The molecule has 0 spiro atoms. The zero-order chi connectivity index (χ0) is 15.8. The van der Waals surface area contributed by atoms with Gasteiger partial charge in [0.2, 0.25) is 5.91 Å². The number of carbonyl (C=O) groups is 2. The molecule has 1 atom stereocenters. The van der Waals surface area contributed by atoms with Crippen LogP contribution in [0.2, 0.25) is 0 Å². The van der Waals surface area contributed by atoms with Crippen LogP contribution in [0.3, 0.4) is 0 Å². The van der Waals surface area contributed by atoms with Crippen molar-refractivity contribution in [2.45, 2.75) is 40.2 Å². The normalized spacial score (nSPS) is 11.9. The van der Waals surface area contributed by atoms with Gasteiger partial charge in [-0.1, -0.05) is 13.8 Å². The van der Waals surface area contributed by atoms with E-state index in [1.165, 1.54) is 0 Å². The Morgan fingerprint density at radius 2 is 1.67 bits per heavy atom. The van der Waals surface area contributed by atoms with E-state index < -0.39 is 6.04 Å². The van der Waals surface area contributed by atoms with Crippen LogP contribution in [0, 0.1) is 5.92 Å². The quantitative estimate of drug-likeness (QED) is 0.758. The molecular weight excluding hydrogens is 268 g/mol. The van der Waals surface area contributed by atoms with Crippen LogP contribution in [-0.4, -0.2) is 24.5 Å². The van der Waals surface area contributed by atoms with Gasteiger partial charge in [-0.15, -0.1) is 0 Å². The number of ether oxygens (including phenoxy) is 1. The summed E-state index contributed by atoms with van der Waals surface area (Å²) in [5.74, 6) is 0.0498. The summed E-state index contributed by atoms with van der Waals surface area (Å²) in [7, 11) is 0. The molecule has 5 heteroatoms. The Labute approximate surface area is 126 Å². The maximum Gasteiger partial charge on any atom is 0.328 e. The Morgan fingerprint density at radius 1 is 1.10 bits per heavy atom. The van der Waals surface area contributed by atoms with Gasteiger partial charge in [0.15, 0.2) is 0 Å². The van der Waals surface area contributed by atoms with Gasteiger partial charge in [0, 0.05) is 17.8 Å². The molecule has 0 saturated carbocycles. The first-order chi connectivity index (χ1) is 9.92. The van der Waals surface area contributed by atoms with Crippen LogP contribution in [0.4, 0.5) is 11.4 Å². The van der Waals surface area contributed by atoms with Crippen LogP contribution in [0.1, 0.15) is 34.1 Å². The van der Waals surface area contributed by atoms with Crippen molar-refractivity contribution in [3.05, 3.63) is 24.3 Å². The summed E-state index contributed by atoms with van der Waals surface area (Å²) in [6.07, 6.45) is 0.500. The maximum absolute atomic E-state index is 11.7. The number of carbonyl (C=O) groups excluding carboxylic acids is 2. The summed E-state index contributed by atoms with van der Waals surface area (Å²) in [5, 5.41) is 5.89. The molecule has 21 heavy (non-hydrogen) atoms.